The van der Waals surface area contributed by atoms with E-state index < -0.39 is 5.60 Å². The van der Waals surface area contributed by atoms with Crippen LogP contribution in [0.25, 0.3) is 0 Å². The van der Waals surface area contributed by atoms with Crippen LogP contribution < -0.4 is 9.47 Å². The van der Waals surface area contributed by atoms with Gasteiger partial charge in [-0.2, -0.15) is 0 Å². The second-order valence-electron chi connectivity index (χ2n) is 6.55. The zero-order chi connectivity index (χ0) is 15.2. The van der Waals surface area contributed by atoms with Crippen molar-refractivity contribution in [2.45, 2.75) is 31.3 Å². The van der Waals surface area contributed by atoms with Gasteiger partial charge >= 0.3 is 0 Å². The van der Waals surface area contributed by atoms with Gasteiger partial charge in [-0.3, -0.25) is 4.79 Å². The molecule has 1 aliphatic carbocycles. The number of piperidine rings is 1. The van der Waals surface area contributed by atoms with Crippen LogP contribution in [0.2, 0.25) is 0 Å². The molecule has 1 amide bonds. The lowest BCUT2D eigenvalue weighted by Gasteiger charge is -2.35. The van der Waals surface area contributed by atoms with Gasteiger partial charge in [-0.05, 0) is 43.9 Å². The van der Waals surface area contributed by atoms with Crippen LogP contribution in [-0.4, -0.2) is 47.8 Å². The summed E-state index contributed by atoms with van der Waals surface area (Å²) in [7, 11) is 0. The molecule has 3 aliphatic rings. The lowest BCUT2D eigenvalue weighted by Crippen LogP contribution is -2.44. The number of ether oxygens (including phenoxy) is 2. The zero-order valence-corrected chi connectivity index (χ0v) is 12.6. The standard InChI is InChI=1S/C17H21NO4/c19-16(12-3-4-14-15(10-12)22-9-8-21-14)18-7-1-2-13(11-18)17(20)5-6-17/h3-4,10,13,20H,1-2,5-9,11H2. The average molecular weight is 303 g/mol. The third-order valence-corrected chi connectivity index (χ3v) is 5.02. The van der Waals surface area contributed by atoms with Crippen molar-refractivity contribution in [1.82, 2.24) is 4.90 Å². The van der Waals surface area contributed by atoms with E-state index in [2.05, 4.69) is 0 Å². The number of hydrogen-bond acceptors (Lipinski definition) is 4. The Morgan fingerprint density at radius 1 is 1.23 bits per heavy atom. The number of aliphatic hydroxyl groups is 1. The van der Waals surface area contributed by atoms with Crippen molar-refractivity contribution in [3.63, 3.8) is 0 Å². The Morgan fingerprint density at radius 3 is 2.77 bits per heavy atom. The molecule has 0 bridgehead atoms. The van der Waals surface area contributed by atoms with Gasteiger partial charge in [0.1, 0.15) is 13.2 Å². The first-order valence-corrected chi connectivity index (χ1v) is 8.07. The van der Waals surface area contributed by atoms with E-state index in [0.29, 0.717) is 36.8 Å². The predicted octanol–water partition coefficient (Wildman–Crippen LogP) is 1.83. The van der Waals surface area contributed by atoms with Crippen molar-refractivity contribution in [3.05, 3.63) is 23.8 Å². The Labute approximate surface area is 129 Å². The molecule has 4 rings (SSSR count). The summed E-state index contributed by atoms with van der Waals surface area (Å²) in [6, 6.07) is 5.37. The molecule has 2 fully saturated rings. The van der Waals surface area contributed by atoms with E-state index in [-0.39, 0.29) is 11.8 Å². The third kappa shape index (κ3) is 2.43. The molecule has 5 nitrogen and oxygen atoms in total. The number of carbonyl (C=O) groups is 1. The fourth-order valence-electron chi connectivity index (χ4n) is 3.50. The number of fused-ring (bicyclic) bond motifs is 1. The number of hydrogen-bond donors (Lipinski definition) is 1. The lowest BCUT2D eigenvalue weighted by atomic mass is 9.90. The first-order chi connectivity index (χ1) is 10.7. The van der Waals surface area contributed by atoms with Crippen molar-refractivity contribution in [1.29, 1.82) is 0 Å². The van der Waals surface area contributed by atoms with Gasteiger partial charge in [0.05, 0.1) is 5.60 Å². The van der Waals surface area contributed by atoms with Crippen LogP contribution in [0.5, 0.6) is 11.5 Å². The van der Waals surface area contributed by atoms with Gasteiger partial charge in [0, 0.05) is 24.6 Å². The molecule has 0 aromatic heterocycles. The summed E-state index contributed by atoms with van der Waals surface area (Å²) in [5.74, 6) is 1.59. The van der Waals surface area contributed by atoms with Crippen LogP contribution in [0.1, 0.15) is 36.0 Å². The normalized spacial score (nSPS) is 25.7. The minimum absolute atomic E-state index is 0.0194. The fourth-order valence-corrected chi connectivity index (χ4v) is 3.50. The van der Waals surface area contributed by atoms with Crippen molar-refractivity contribution in [3.8, 4) is 11.5 Å². The SMILES string of the molecule is O=C(c1ccc2c(c1)OCCO2)N1CCCC(C2(O)CC2)C1. The van der Waals surface area contributed by atoms with Crippen LogP contribution in [0.4, 0.5) is 0 Å². The fraction of sp³-hybridized carbons (Fsp3) is 0.588. The molecular weight excluding hydrogens is 282 g/mol. The second-order valence-corrected chi connectivity index (χ2v) is 6.55. The van der Waals surface area contributed by atoms with Gasteiger partial charge in [-0.1, -0.05) is 0 Å². The Morgan fingerprint density at radius 2 is 2.00 bits per heavy atom. The van der Waals surface area contributed by atoms with Gasteiger partial charge in [0.2, 0.25) is 0 Å². The zero-order valence-electron chi connectivity index (χ0n) is 12.6. The second kappa shape index (κ2) is 5.16. The molecule has 0 radical (unpaired) electrons. The molecule has 1 aromatic rings. The molecular formula is C17H21NO4. The van der Waals surface area contributed by atoms with Crippen LogP contribution in [0.15, 0.2) is 18.2 Å². The van der Waals surface area contributed by atoms with Crippen LogP contribution in [0.3, 0.4) is 0 Å². The summed E-state index contributed by atoms with van der Waals surface area (Å²) in [6.07, 6.45) is 3.73. The Bertz CT molecular complexity index is 596. The third-order valence-electron chi connectivity index (χ3n) is 5.02. The Balaban J connectivity index is 1.51. The van der Waals surface area contributed by atoms with E-state index in [1.54, 1.807) is 18.2 Å². The Kier molecular flexibility index (Phi) is 3.26. The van der Waals surface area contributed by atoms with E-state index in [9.17, 15) is 9.90 Å². The number of rotatable bonds is 2. The van der Waals surface area contributed by atoms with E-state index >= 15 is 0 Å². The summed E-state index contributed by atoms with van der Waals surface area (Å²) in [6.45, 7) is 2.49. The maximum absolute atomic E-state index is 12.7. The molecule has 1 saturated carbocycles. The minimum atomic E-state index is -0.508. The summed E-state index contributed by atoms with van der Waals surface area (Å²) in [5.41, 5.74) is 0.124. The summed E-state index contributed by atoms with van der Waals surface area (Å²) < 4.78 is 11.0. The van der Waals surface area contributed by atoms with Crippen molar-refractivity contribution < 1.29 is 19.4 Å². The summed E-state index contributed by atoms with van der Waals surface area (Å²) in [5, 5.41) is 10.3. The van der Waals surface area contributed by atoms with E-state index in [1.165, 1.54) is 0 Å². The molecule has 1 unspecified atom stereocenters. The number of nitrogens with zero attached hydrogens (tertiary/aromatic N) is 1. The largest absolute Gasteiger partial charge is 0.486 e. The topological polar surface area (TPSA) is 59.0 Å². The first-order valence-electron chi connectivity index (χ1n) is 8.07. The smallest absolute Gasteiger partial charge is 0.254 e. The van der Waals surface area contributed by atoms with Gasteiger partial charge in [0.15, 0.2) is 11.5 Å². The monoisotopic (exact) mass is 303 g/mol. The van der Waals surface area contributed by atoms with Crippen molar-refractivity contribution >= 4 is 5.91 Å². The highest BCUT2D eigenvalue weighted by atomic mass is 16.6. The van der Waals surface area contributed by atoms with E-state index in [0.717, 1.165) is 32.2 Å². The molecule has 2 aliphatic heterocycles. The quantitative estimate of drug-likeness (QED) is 0.905. The predicted molar refractivity (Wildman–Crippen MR) is 80.2 cm³/mol. The molecule has 1 saturated heterocycles. The van der Waals surface area contributed by atoms with E-state index in [1.807, 2.05) is 4.90 Å². The van der Waals surface area contributed by atoms with Gasteiger partial charge in [0.25, 0.3) is 5.91 Å². The molecule has 1 N–H and O–H groups in total. The molecule has 5 heteroatoms. The van der Waals surface area contributed by atoms with E-state index in [4.69, 9.17) is 9.47 Å². The molecule has 118 valence electrons. The van der Waals surface area contributed by atoms with Gasteiger partial charge in [-0.25, -0.2) is 0 Å². The minimum Gasteiger partial charge on any atom is -0.486 e. The summed E-state index contributed by atoms with van der Waals surface area (Å²) >= 11 is 0. The van der Waals surface area contributed by atoms with Gasteiger partial charge in [-0.15, -0.1) is 0 Å². The van der Waals surface area contributed by atoms with Crippen molar-refractivity contribution in [2.75, 3.05) is 26.3 Å². The van der Waals surface area contributed by atoms with Crippen LogP contribution >= 0.6 is 0 Å². The first kappa shape index (κ1) is 13.9. The number of amides is 1. The maximum Gasteiger partial charge on any atom is 0.254 e. The number of benzene rings is 1. The highest BCUT2D eigenvalue weighted by molar-refractivity contribution is 5.95. The highest BCUT2D eigenvalue weighted by Crippen LogP contribution is 2.45. The van der Waals surface area contributed by atoms with Crippen molar-refractivity contribution in [2.24, 2.45) is 5.92 Å². The highest BCUT2D eigenvalue weighted by Gasteiger charge is 2.49. The number of carbonyl (C=O) groups excluding carboxylic acids is 1. The molecule has 0 spiro atoms. The molecule has 2 heterocycles. The van der Waals surface area contributed by atoms with Gasteiger partial charge < -0.3 is 19.5 Å². The molecule has 22 heavy (non-hydrogen) atoms. The maximum atomic E-state index is 12.7. The average Bonchev–Trinajstić information content (AvgIpc) is 3.33. The molecule has 1 aromatic carbocycles. The Hall–Kier alpha value is -1.75. The van der Waals surface area contributed by atoms with Crippen LogP contribution in [-0.2, 0) is 0 Å². The summed E-state index contributed by atoms with van der Waals surface area (Å²) in [4.78, 5) is 14.6. The molecule has 1 atom stereocenters. The lowest BCUT2D eigenvalue weighted by molar-refractivity contribution is 0.0282. The number of likely N-dealkylation sites (tertiary alicyclic amines) is 1. The van der Waals surface area contributed by atoms with Crippen LogP contribution in [0, 0.1) is 5.92 Å².